The van der Waals surface area contributed by atoms with Gasteiger partial charge >= 0.3 is 0 Å². The van der Waals surface area contributed by atoms with Gasteiger partial charge in [0.2, 0.25) is 20.0 Å². The summed E-state index contributed by atoms with van der Waals surface area (Å²) >= 11 is 1.89. The lowest BCUT2D eigenvalue weighted by Gasteiger charge is -2.22. The highest BCUT2D eigenvalue weighted by Crippen LogP contribution is 2.33. The van der Waals surface area contributed by atoms with Crippen LogP contribution in [0.25, 0.3) is 22.1 Å². The molecule has 2 aromatic carbocycles. The number of fused-ring (bicyclic) bond motifs is 2. The van der Waals surface area contributed by atoms with Gasteiger partial charge in [-0.2, -0.15) is 21.8 Å². The molecule has 0 aliphatic heterocycles. The zero-order chi connectivity index (χ0) is 21.6. The molecule has 0 amide bonds. The third kappa shape index (κ3) is 3.83. The molecule has 0 atom stereocenters. The van der Waals surface area contributed by atoms with Crippen LogP contribution in [0.15, 0.2) is 46.2 Å². The SMILES string of the molecule is O=S(=O)(NCCN(C1CC1)S(=O)(=O)c1cccc2nsnc12)c1cccc2nsnc12. The molecule has 0 bridgehead atoms. The van der Waals surface area contributed by atoms with Gasteiger partial charge in [-0.25, -0.2) is 21.6 Å². The van der Waals surface area contributed by atoms with Gasteiger partial charge in [-0.05, 0) is 37.1 Å². The monoisotopic (exact) mass is 496 g/mol. The van der Waals surface area contributed by atoms with Crippen molar-refractivity contribution >= 4 is 65.6 Å². The average Bonchev–Trinajstić information content (AvgIpc) is 3.25. The van der Waals surface area contributed by atoms with E-state index in [1.807, 2.05) is 0 Å². The summed E-state index contributed by atoms with van der Waals surface area (Å²) in [6.07, 6.45) is 1.47. The number of nitrogens with one attached hydrogen (secondary N) is 1. The lowest BCUT2D eigenvalue weighted by molar-refractivity contribution is 0.406. The molecular formula is C17H16N6O4S4. The largest absolute Gasteiger partial charge is 0.245 e. The van der Waals surface area contributed by atoms with E-state index in [2.05, 4.69) is 22.2 Å². The molecule has 4 aromatic rings. The van der Waals surface area contributed by atoms with Gasteiger partial charge in [0.1, 0.15) is 31.9 Å². The van der Waals surface area contributed by atoms with Gasteiger partial charge in [0.15, 0.2) is 0 Å². The molecule has 0 radical (unpaired) electrons. The van der Waals surface area contributed by atoms with E-state index in [9.17, 15) is 16.8 Å². The average molecular weight is 497 g/mol. The number of benzene rings is 2. The summed E-state index contributed by atoms with van der Waals surface area (Å²) in [6.45, 7) is -0.0667. The van der Waals surface area contributed by atoms with E-state index >= 15 is 0 Å². The van der Waals surface area contributed by atoms with Gasteiger partial charge in [-0.3, -0.25) is 0 Å². The zero-order valence-corrected chi connectivity index (χ0v) is 19.1. The van der Waals surface area contributed by atoms with Gasteiger partial charge in [0, 0.05) is 19.1 Å². The Morgan fingerprint density at radius 2 is 1.45 bits per heavy atom. The van der Waals surface area contributed by atoms with Crippen molar-refractivity contribution in [3.8, 4) is 0 Å². The van der Waals surface area contributed by atoms with Crippen LogP contribution in [0.3, 0.4) is 0 Å². The van der Waals surface area contributed by atoms with E-state index < -0.39 is 20.0 Å². The number of aromatic nitrogens is 4. The maximum absolute atomic E-state index is 13.4. The number of hydrogen-bond donors (Lipinski definition) is 1. The molecule has 0 spiro atoms. The molecule has 0 unspecified atom stereocenters. The second kappa shape index (κ2) is 7.79. The summed E-state index contributed by atoms with van der Waals surface area (Å²) in [7, 11) is -7.74. The molecule has 2 heterocycles. The van der Waals surface area contributed by atoms with Crippen LogP contribution in [0.1, 0.15) is 12.8 Å². The molecule has 1 fully saturated rings. The normalized spacial score (nSPS) is 15.3. The summed E-state index contributed by atoms with van der Waals surface area (Å²) in [6, 6.07) is 9.44. The summed E-state index contributed by atoms with van der Waals surface area (Å²) < 4.78 is 72.6. The van der Waals surface area contributed by atoms with Gasteiger partial charge in [0.25, 0.3) is 0 Å². The quantitative estimate of drug-likeness (QED) is 0.390. The Bertz CT molecular complexity index is 1480. The van der Waals surface area contributed by atoms with Crippen LogP contribution in [-0.2, 0) is 20.0 Å². The van der Waals surface area contributed by atoms with Crippen LogP contribution in [0.4, 0.5) is 0 Å². The maximum Gasteiger partial charge on any atom is 0.245 e. The van der Waals surface area contributed by atoms with E-state index in [0.717, 1.165) is 36.3 Å². The molecule has 2 aromatic heterocycles. The molecule has 10 nitrogen and oxygen atoms in total. The van der Waals surface area contributed by atoms with Crippen LogP contribution in [0.5, 0.6) is 0 Å². The summed E-state index contributed by atoms with van der Waals surface area (Å²) in [5, 5.41) is 0. The Hall–Kier alpha value is -2.10. The summed E-state index contributed by atoms with van der Waals surface area (Å²) in [5.74, 6) is 0. The van der Waals surface area contributed by atoms with Gasteiger partial charge in [-0.1, -0.05) is 12.1 Å². The fraction of sp³-hybridized carbons (Fsp3) is 0.294. The standard InChI is InChI=1S/C17H16N6O4S4/c24-30(25,14-5-1-3-12-16(14)21-28-19-12)18-9-10-23(11-7-8-11)31(26,27)15-6-2-4-13-17(15)22-29-20-13/h1-6,11,18H,7-10H2. The molecule has 1 saturated carbocycles. The van der Waals surface area contributed by atoms with E-state index in [0.29, 0.717) is 22.1 Å². The first-order chi connectivity index (χ1) is 14.9. The van der Waals surface area contributed by atoms with E-state index in [4.69, 9.17) is 0 Å². The first kappa shape index (κ1) is 20.8. The lowest BCUT2D eigenvalue weighted by atomic mass is 10.3. The highest BCUT2D eigenvalue weighted by atomic mass is 32.2. The fourth-order valence-corrected chi connectivity index (χ4v) is 7.57. The summed E-state index contributed by atoms with van der Waals surface area (Å²) in [5.41, 5.74) is 1.66. The van der Waals surface area contributed by atoms with Crippen molar-refractivity contribution in [2.24, 2.45) is 0 Å². The molecule has 5 rings (SSSR count). The van der Waals surface area contributed by atoms with Crippen molar-refractivity contribution in [1.82, 2.24) is 26.5 Å². The Morgan fingerprint density at radius 1 is 0.871 bits per heavy atom. The third-order valence-corrected chi connectivity index (χ3v) is 9.51. The Morgan fingerprint density at radius 3 is 2.06 bits per heavy atom. The molecule has 1 aliphatic carbocycles. The number of rotatable bonds is 8. The number of nitrogens with zero attached hydrogens (tertiary/aromatic N) is 5. The minimum atomic E-state index is -3.88. The predicted octanol–water partition coefficient (Wildman–Crippen LogP) is 1.83. The zero-order valence-electron chi connectivity index (χ0n) is 15.9. The summed E-state index contributed by atoms with van der Waals surface area (Å²) in [4.78, 5) is 0.115. The van der Waals surface area contributed by atoms with Crippen molar-refractivity contribution < 1.29 is 16.8 Å². The molecule has 162 valence electrons. The first-order valence-corrected chi connectivity index (χ1v) is 13.7. The van der Waals surface area contributed by atoms with Crippen LogP contribution < -0.4 is 4.72 Å². The van der Waals surface area contributed by atoms with Crippen molar-refractivity contribution in [2.75, 3.05) is 13.1 Å². The van der Waals surface area contributed by atoms with E-state index in [1.165, 1.54) is 16.4 Å². The van der Waals surface area contributed by atoms with Crippen molar-refractivity contribution in [2.45, 2.75) is 28.7 Å². The van der Waals surface area contributed by atoms with Gasteiger partial charge in [-0.15, -0.1) is 0 Å². The van der Waals surface area contributed by atoms with Crippen molar-refractivity contribution in [1.29, 1.82) is 0 Å². The number of hydrogen-bond acceptors (Lipinski definition) is 10. The second-order valence-corrected chi connectivity index (χ2v) is 11.7. The van der Waals surface area contributed by atoms with Crippen LogP contribution >= 0.6 is 23.5 Å². The molecule has 1 aliphatic rings. The van der Waals surface area contributed by atoms with E-state index in [1.54, 1.807) is 24.3 Å². The molecule has 1 N–H and O–H groups in total. The highest BCUT2D eigenvalue weighted by Gasteiger charge is 2.39. The molecular weight excluding hydrogens is 480 g/mol. The minimum Gasteiger partial charge on any atom is -0.210 e. The Balaban J connectivity index is 1.38. The Kier molecular flexibility index (Phi) is 5.22. The predicted molar refractivity (Wildman–Crippen MR) is 117 cm³/mol. The van der Waals surface area contributed by atoms with Crippen LogP contribution in [-0.4, -0.2) is 57.8 Å². The fourth-order valence-electron chi connectivity index (χ4n) is 3.34. The molecule has 31 heavy (non-hydrogen) atoms. The van der Waals surface area contributed by atoms with E-state index in [-0.39, 0.29) is 28.9 Å². The van der Waals surface area contributed by atoms with Crippen LogP contribution in [0.2, 0.25) is 0 Å². The minimum absolute atomic E-state index is 0.00543. The second-order valence-electron chi connectivity index (χ2n) is 7.02. The van der Waals surface area contributed by atoms with Gasteiger partial charge < -0.3 is 0 Å². The lowest BCUT2D eigenvalue weighted by Crippen LogP contribution is -2.40. The first-order valence-electron chi connectivity index (χ1n) is 9.32. The van der Waals surface area contributed by atoms with Crippen LogP contribution in [0, 0.1) is 0 Å². The molecule has 0 saturated heterocycles. The maximum atomic E-state index is 13.4. The topological polar surface area (TPSA) is 135 Å². The molecule has 14 heteroatoms. The smallest absolute Gasteiger partial charge is 0.210 e. The van der Waals surface area contributed by atoms with Gasteiger partial charge in [0.05, 0.1) is 23.5 Å². The Labute approximate surface area is 186 Å². The number of sulfonamides is 2. The van der Waals surface area contributed by atoms with Crippen molar-refractivity contribution in [3.05, 3.63) is 36.4 Å². The highest BCUT2D eigenvalue weighted by molar-refractivity contribution is 7.90. The third-order valence-electron chi connectivity index (χ3n) is 4.95. The van der Waals surface area contributed by atoms with Crippen molar-refractivity contribution in [3.63, 3.8) is 0 Å².